The van der Waals surface area contributed by atoms with Crippen LogP contribution in [0.5, 0.6) is 0 Å². The first kappa shape index (κ1) is 89.4. The van der Waals surface area contributed by atoms with Gasteiger partial charge in [0.1, 0.15) is 60.4 Å². The Kier molecular flexibility index (Phi) is 40.4. The van der Waals surface area contributed by atoms with Gasteiger partial charge in [-0.2, -0.15) is 0 Å². The Labute approximate surface area is 587 Å². The number of nitrogens with zero attached hydrogens (tertiary/aromatic N) is 7. The average Bonchev–Trinajstić information content (AvgIpc) is 0.810. The molecule has 1 fully saturated rings. The van der Waals surface area contributed by atoms with Crippen molar-refractivity contribution in [3.63, 3.8) is 0 Å². The van der Waals surface area contributed by atoms with Crippen molar-refractivity contribution in [1.82, 2.24) is 55.6 Å². The van der Waals surface area contributed by atoms with E-state index in [-0.39, 0.29) is 62.4 Å². The molecule has 13 atom stereocenters. The molecule has 0 aromatic heterocycles. The molecular weight excluding hydrogens is 1260 g/mol. The van der Waals surface area contributed by atoms with Gasteiger partial charge in [-0.1, -0.05) is 123 Å². The van der Waals surface area contributed by atoms with Crippen LogP contribution in [-0.2, 0) is 52.7 Å². The summed E-state index contributed by atoms with van der Waals surface area (Å²) in [4.78, 5) is 174. The Morgan fingerprint density at radius 1 is 0.433 bits per heavy atom. The van der Waals surface area contributed by atoms with E-state index in [2.05, 4.69) is 21.3 Å². The molecule has 1 aliphatic heterocycles. The molecular formula is C71H132N12O13S. The number of nitrogens with one attached hydrogen (secondary N) is 4. The number of nitrogens with two attached hydrogens (primary N) is 1. The Bertz CT molecular complexity index is 2520. The maximum atomic E-state index is 15.5. The molecule has 1 saturated heterocycles. The standard InChI is InChI=1S/C71H132N12O13S/c1-24-51-65(91)83(23)71(97-39-31-27-30-38-84)70(96)79(19)54(40-44(6)7)62(88)76-56(46(10)11)68(94)77(17)52(35-33-42(2)3)61(87)73-49(15)60(86)74-50(16)64(90)80(20)55(41-45(8)9)67(93)78(18)53(36-34-43(4)5)66(92)81(21)57(47(12)13)69(95)82(22)58(63(89)75-51)59(85)48(14)32-28-25-26-29-37-72/h42-59,71,84-85H,24-41,72H2,1-23H3,(H,73,87)(H,74,86)(H,75,89)(H,76,88)/t48-,49-,50+,51+,52-,53+,54+,55+,56-,57+,58+,59-,71-/m1/s1. The summed E-state index contributed by atoms with van der Waals surface area (Å²) in [6.45, 7) is 29.1. The fourth-order valence-corrected chi connectivity index (χ4v) is 13.6. The van der Waals surface area contributed by atoms with Gasteiger partial charge in [0.25, 0.3) is 5.91 Å². The summed E-state index contributed by atoms with van der Waals surface area (Å²) in [5.41, 5.74) is 5.78. The third-order valence-corrected chi connectivity index (χ3v) is 20.1. The van der Waals surface area contributed by atoms with Crippen LogP contribution in [0, 0.1) is 41.4 Å². The van der Waals surface area contributed by atoms with Gasteiger partial charge in [0, 0.05) is 55.9 Å². The predicted molar refractivity (Wildman–Crippen MR) is 383 cm³/mol. The number of thioether (sulfide) groups is 1. The fourth-order valence-electron chi connectivity index (χ4n) is 12.3. The summed E-state index contributed by atoms with van der Waals surface area (Å²) in [6, 6.07) is -12.6. The van der Waals surface area contributed by atoms with Crippen LogP contribution in [0.2, 0.25) is 0 Å². The number of rotatable bonds is 27. The predicted octanol–water partition coefficient (Wildman–Crippen LogP) is 5.21. The number of hydrogen-bond donors (Lipinski definition) is 7. The Balaban J connectivity index is 4.57. The Hall–Kier alpha value is -5.60. The zero-order valence-corrected chi connectivity index (χ0v) is 64.5. The molecule has 1 aliphatic rings. The molecule has 8 N–H and O–H groups in total. The van der Waals surface area contributed by atoms with Gasteiger partial charge in [0.2, 0.25) is 59.1 Å². The van der Waals surface area contributed by atoms with E-state index in [4.69, 9.17) is 5.73 Å². The molecule has 1 heterocycles. The highest BCUT2D eigenvalue weighted by Gasteiger charge is 2.46. The summed E-state index contributed by atoms with van der Waals surface area (Å²) in [5, 5.41) is 32.1. The molecule has 0 aliphatic carbocycles. The lowest BCUT2D eigenvalue weighted by molar-refractivity contribution is -0.157. The molecule has 560 valence electrons. The fraction of sp³-hybridized carbons (Fsp3) is 0.845. The van der Waals surface area contributed by atoms with Crippen molar-refractivity contribution in [2.75, 3.05) is 68.2 Å². The van der Waals surface area contributed by atoms with E-state index in [1.807, 2.05) is 55.4 Å². The Morgan fingerprint density at radius 2 is 0.907 bits per heavy atom. The lowest BCUT2D eigenvalue weighted by atomic mass is 9.90. The SMILES string of the molecule is CC[C@@H]1NC(=O)[C@H]([C@H](O)[C@H](C)CCCCCCN)N(C)C(=O)[C@H](C(C)C)N(C)C(=O)[C@H](CCC(C)C)N(C)C(=O)[C@H](CC(C)C)N(C)C(=O)[C@H](C)NC(=O)[C@@H](C)NC(=O)[C@@H](CCC(C)C)N(C)C(=O)[C@@H](C(C)C)NC(=O)[C@H](CC(C)C)N(C)C(=O)[C@@H](SCCCCCO)N(C)C1=O. The minimum Gasteiger partial charge on any atom is -0.396 e. The van der Waals surface area contributed by atoms with Gasteiger partial charge in [-0.05, 0) is 138 Å². The zero-order valence-electron chi connectivity index (χ0n) is 63.7. The van der Waals surface area contributed by atoms with Crippen molar-refractivity contribution in [3.05, 3.63) is 0 Å². The first-order chi connectivity index (χ1) is 45.2. The van der Waals surface area contributed by atoms with Gasteiger partial charge in [0.05, 0.1) is 6.10 Å². The van der Waals surface area contributed by atoms with Crippen LogP contribution < -0.4 is 27.0 Å². The molecule has 0 bridgehead atoms. The minimum atomic E-state index is -1.63. The van der Waals surface area contributed by atoms with Crippen molar-refractivity contribution < 1.29 is 63.0 Å². The number of aliphatic hydroxyl groups is 2. The van der Waals surface area contributed by atoms with Crippen LogP contribution in [0.15, 0.2) is 0 Å². The molecule has 0 unspecified atom stereocenters. The van der Waals surface area contributed by atoms with E-state index in [9.17, 15) is 34.2 Å². The molecule has 26 heteroatoms. The number of amides is 11. The second-order valence-corrected chi connectivity index (χ2v) is 30.9. The first-order valence-electron chi connectivity index (χ1n) is 35.9. The maximum absolute atomic E-state index is 15.5. The monoisotopic (exact) mass is 1390 g/mol. The number of likely N-dealkylation sites (N-methyl/N-ethyl adjacent to an activating group) is 7. The normalized spacial score (nSPS) is 25.8. The molecule has 11 amide bonds. The van der Waals surface area contributed by atoms with Gasteiger partial charge in [-0.15, -0.1) is 11.8 Å². The van der Waals surface area contributed by atoms with Crippen molar-refractivity contribution in [3.8, 4) is 0 Å². The van der Waals surface area contributed by atoms with E-state index in [0.717, 1.165) is 35.9 Å². The van der Waals surface area contributed by atoms with Crippen LogP contribution >= 0.6 is 11.8 Å². The van der Waals surface area contributed by atoms with E-state index in [0.29, 0.717) is 57.2 Å². The van der Waals surface area contributed by atoms with Crippen LogP contribution in [0.1, 0.15) is 207 Å². The highest BCUT2D eigenvalue weighted by atomic mass is 32.2. The van der Waals surface area contributed by atoms with Crippen LogP contribution in [0.25, 0.3) is 0 Å². The molecule has 25 nitrogen and oxygen atoms in total. The van der Waals surface area contributed by atoms with Gasteiger partial charge >= 0.3 is 0 Å². The topological polar surface area (TPSA) is 325 Å². The van der Waals surface area contributed by atoms with E-state index in [1.54, 1.807) is 41.5 Å². The zero-order chi connectivity index (χ0) is 74.6. The molecule has 0 aromatic rings. The van der Waals surface area contributed by atoms with Gasteiger partial charge in [-0.25, -0.2) is 0 Å². The summed E-state index contributed by atoms with van der Waals surface area (Å²) in [6.07, 6.45) is 5.28. The van der Waals surface area contributed by atoms with E-state index in [1.165, 1.54) is 92.6 Å². The van der Waals surface area contributed by atoms with E-state index >= 15 is 28.8 Å². The van der Waals surface area contributed by atoms with Crippen molar-refractivity contribution >= 4 is 76.7 Å². The number of unbranched alkanes of at least 4 members (excludes halogenated alkanes) is 5. The molecule has 0 saturated carbocycles. The van der Waals surface area contributed by atoms with Crippen LogP contribution in [0.3, 0.4) is 0 Å². The lowest BCUT2D eigenvalue weighted by Crippen LogP contribution is -2.64. The lowest BCUT2D eigenvalue weighted by Gasteiger charge is -2.41. The third-order valence-electron chi connectivity index (χ3n) is 18.8. The van der Waals surface area contributed by atoms with Crippen LogP contribution in [-0.4, -0.2) is 250 Å². The molecule has 0 spiro atoms. The quantitative estimate of drug-likeness (QED) is 0.0519. The van der Waals surface area contributed by atoms with Gasteiger partial charge < -0.3 is 71.5 Å². The number of carbonyl (C=O) groups is 11. The number of carbonyl (C=O) groups excluding carboxylic acids is 11. The van der Waals surface area contributed by atoms with E-state index < -0.39 is 155 Å². The molecule has 0 aromatic carbocycles. The molecule has 0 radical (unpaired) electrons. The third kappa shape index (κ3) is 27.5. The van der Waals surface area contributed by atoms with Crippen LogP contribution in [0.4, 0.5) is 0 Å². The largest absolute Gasteiger partial charge is 0.396 e. The van der Waals surface area contributed by atoms with Crippen molar-refractivity contribution in [1.29, 1.82) is 0 Å². The summed E-state index contributed by atoms with van der Waals surface area (Å²) in [5.74, 6) is -9.00. The van der Waals surface area contributed by atoms with Crippen molar-refractivity contribution in [2.45, 2.75) is 279 Å². The molecule has 1 rings (SSSR count). The highest BCUT2D eigenvalue weighted by molar-refractivity contribution is 8.00. The highest BCUT2D eigenvalue weighted by Crippen LogP contribution is 2.28. The minimum absolute atomic E-state index is 0.00760. The smallest absolute Gasteiger partial charge is 0.256 e. The van der Waals surface area contributed by atoms with Gasteiger partial charge in [-0.3, -0.25) is 52.7 Å². The number of hydrogen-bond acceptors (Lipinski definition) is 15. The second kappa shape index (κ2) is 43.8. The Morgan fingerprint density at radius 3 is 1.42 bits per heavy atom. The average molecular weight is 1390 g/mol. The number of aliphatic hydroxyl groups excluding tert-OH is 2. The summed E-state index contributed by atoms with van der Waals surface area (Å²) >= 11 is 1.14. The van der Waals surface area contributed by atoms with Gasteiger partial charge in [0.15, 0.2) is 5.37 Å². The summed E-state index contributed by atoms with van der Waals surface area (Å²) in [7, 11) is 10.1. The molecule has 97 heavy (non-hydrogen) atoms. The maximum Gasteiger partial charge on any atom is 0.256 e. The van der Waals surface area contributed by atoms with Crippen molar-refractivity contribution in [2.24, 2.45) is 47.2 Å². The first-order valence-corrected chi connectivity index (χ1v) is 36.9. The second-order valence-electron chi connectivity index (χ2n) is 29.7. The summed E-state index contributed by atoms with van der Waals surface area (Å²) < 4.78 is 0.